The Bertz CT molecular complexity index is 3470. The number of pyridine rings is 1. The molecule has 2 aromatic heterocycles. The molecule has 0 bridgehead atoms. The fraction of sp³-hybridized carbons (Fsp3) is 0.175. The molecule has 0 fully saturated rings. The van der Waals surface area contributed by atoms with Crippen molar-refractivity contribution < 1.29 is 15.7 Å². The molecule has 1 aliphatic heterocycles. The Balaban J connectivity index is 1.07. The van der Waals surface area contributed by atoms with Crippen LogP contribution in [0.25, 0.3) is 49.9 Å². The molecule has 0 saturated heterocycles. The Morgan fingerprint density at radius 3 is 1.97 bits per heavy atom. The van der Waals surface area contributed by atoms with E-state index in [1.54, 1.807) is 0 Å². The smallest absolute Gasteiger partial charge is 0.137 e. The summed E-state index contributed by atoms with van der Waals surface area (Å²) < 4.78 is 76.6. The monoisotopic (exact) mass is 816 g/mol. The lowest BCUT2D eigenvalue weighted by Gasteiger charge is -2.29. The lowest BCUT2D eigenvalue weighted by molar-refractivity contribution is 0.483. The van der Waals surface area contributed by atoms with E-state index >= 15 is 0 Å². The van der Waals surface area contributed by atoms with Gasteiger partial charge in [-0.1, -0.05) is 132 Å². The molecule has 0 N–H and O–H groups in total. The molecule has 0 amide bonds. The molecule has 5 nitrogen and oxygen atoms in total. The molecular weight excluding hydrogens is 757 g/mol. The normalized spacial score (nSPS) is 15.0. The van der Waals surface area contributed by atoms with E-state index in [0.717, 1.165) is 50.2 Å². The molecule has 0 saturated carbocycles. The van der Waals surface area contributed by atoms with E-state index in [2.05, 4.69) is 106 Å². The van der Waals surface area contributed by atoms with E-state index in [1.165, 1.54) is 23.4 Å². The van der Waals surface area contributed by atoms with Gasteiger partial charge >= 0.3 is 0 Å². The van der Waals surface area contributed by atoms with Crippen molar-refractivity contribution in [2.24, 2.45) is 0 Å². The van der Waals surface area contributed by atoms with Crippen LogP contribution in [-0.2, 0) is 10.8 Å². The van der Waals surface area contributed by atoms with Gasteiger partial charge in [0.2, 0.25) is 0 Å². The maximum atomic E-state index is 8.67. The average molecular weight is 817 g/mol. The Hall–Kier alpha value is -7.11. The van der Waals surface area contributed by atoms with Gasteiger partial charge in [-0.15, -0.1) is 0 Å². The van der Waals surface area contributed by atoms with E-state index in [0.29, 0.717) is 23.7 Å². The van der Waals surface area contributed by atoms with Crippen LogP contribution in [0.4, 0.5) is 22.7 Å². The largest absolute Gasteiger partial charge is 0.457 e. The number of para-hydroxylation sites is 2. The average Bonchev–Trinajstić information content (AvgIpc) is 3.88. The molecule has 1 aliphatic rings. The minimum absolute atomic E-state index is 0.0393. The lowest BCUT2D eigenvalue weighted by Crippen LogP contribution is -2.25. The Morgan fingerprint density at radius 2 is 1.26 bits per heavy atom. The van der Waals surface area contributed by atoms with Gasteiger partial charge < -0.3 is 14.5 Å². The summed E-state index contributed by atoms with van der Waals surface area (Å²) in [6.45, 7) is 11.4. The van der Waals surface area contributed by atoms with Gasteiger partial charge in [0, 0.05) is 50.2 Å². The molecular formula is C57H52N4O. The van der Waals surface area contributed by atoms with Crippen LogP contribution >= 0.6 is 0 Å². The lowest BCUT2D eigenvalue weighted by atomic mass is 9.80. The van der Waals surface area contributed by atoms with Gasteiger partial charge in [0.25, 0.3) is 0 Å². The molecule has 0 atom stereocenters. The van der Waals surface area contributed by atoms with Crippen LogP contribution < -0.4 is 14.5 Å². The highest BCUT2D eigenvalue weighted by molar-refractivity contribution is 6.10. The zero-order valence-corrected chi connectivity index (χ0v) is 35.8. The second-order valence-corrected chi connectivity index (χ2v) is 18.1. The van der Waals surface area contributed by atoms with Gasteiger partial charge in [0.05, 0.1) is 29.3 Å². The van der Waals surface area contributed by atoms with Gasteiger partial charge in [-0.25, -0.2) is 4.98 Å². The third-order valence-corrected chi connectivity index (χ3v) is 11.8. The first-order chi connectivity index (χ1) is 33.2. The first-order valence-corrected chi connectivity index (χ1v) is 21.0. The van der Waals surface area contributed by atoms with Crippen molar-refractivity contribution in [2.75, 3.05) is 16.5 Å². The Labute approximate surface area is 376 Å². The van der Waals surface area contributed by atoms with Crippen molar-refractivity contribution in [2.45, 2.75) is 59.2 Å². The highest BCUT2D eigenvalue weighted by atomic mass is 16.5. The molecule has 0 unspecified atom stereocenters. The minimum atomic E-state index is -2.74. The number of nitrogens with zero attached hydrogens (tertiary/aromatic N) is 4. The van der Waals surface area contributed by atoms with Gasteiger partial charge in [0.15, 0.2) is 0 Å². The van der Waals surface area contributed by atoms with E-state index in [4.69, 9.17) is 20.7 Å². The van der Waals surface area contributed by atoms with Crippen molar-refractivity contribution in [3.8, 4) is 39.6 Å². The summed E-state index contributed by atoms with van der Waals surface area (Å²) in [4.78, 5) is 9.47. The van der Waals surface area contributed by atoms with Crippen LogP contribution in [0.2, 0.25) is 0 Å². The second-order valence-electron chi connectivity index (χ2n) is 18.1. The zero-order valence-electron chi connectivity index (χ0n) is 43.8. The van der Waals surface area contributed by atoms with Crippen LogP contribution in [0, 0.1) is 6.85 Å². The first kappa shape index (κ1) is 30.8. The summed E-state index contributed by atoms with van der Waals surface area (Å²) in [7, 11) is 0. The molecule has 62 heavy (non-hydrogen) atoms. The summed E-state index contributed by atoms with van der Waals surface area (Å²) >= 11 is 0. The summed E-state index contributed by atoms with van der Waals surface area (Å²) in [6, 6.07) is 44.3. The topological polar surface area (TPSA) is 33.5 Å². The number of rotatable bonds is 7. The summed E-state index contributed by atoms with van der Waals surface area (Å²) in [5.41, 5.74) is 9.79. The van der Waals surface area contributed by atoms with Crippen molar-refractivity contribution in [3.63, 3.8) is 0 Å². The predicted molar refractivity (Wildman–Crippen MR) is 260 cm³/mol. The third kappa shape index (κ3) is 7.17. The number of benzene rings is 7. The number of hydrogen-bond donors (Lipinski definition) is 0. The summed E-state index contributed by atoms with van der Waals surface area (Å²) in [5.74, 6) is 1.44. The third-order valence-electron chi connectivity index (χ3n) is 11.8. The minimum Gasteiger partial charge on any atom is -0.457 e. The highest BCUT2D eigenvalue weighted by Crippen LogP contribution is 2.47. The van der Waals surface area contributed by atoms with Crippen LogP contribution in [0.5, 0.6) is 11.5 Å². The number of anilines is 4. The van der Waals surface area contributed by atoms with Gasteiger partial charge in [-0.2, -0.15) is 0 Å². The molecule has 0 spiro atoms. The SMILES string of the molecule is [2H]c1c([2H])c([2H])c(-c2cnc(-n3c4ccc(-c5ccccc5)cc4c4ccc(Oc5cccc(N6CN(c7cc(C(C)(C)C)cc(C(C)(C)C)c7)c7ccccc76)c5)cc43)cc2C([2H])([2H])[2H])c([2H])c1[2H]. The predicted octanol–water partition coefficient (Wildman–Crippen LogP) is 15.5. The molecule has 7 aromatic carbocycles. The number of fused-ring (bicyclic) bond motifs is 4. The van der Waals surface area contributed by atoms with Crippen LogP contribution in [0.1, 0.15) is 69.2 Å². The maximum absolute atomic E-state index is 8.67. The first-order valence-electron chi connectivity index (χ1n) is 25.0. The molecule has 5 heteroatoms. The fourth-order valence-corrected chi connectivity index (χ4v) is 8.41. The van der Waals surface area contributed by atoms with Gasteiger partial charge in [-0.05, 0) is 118 Å². The van der Waals surface area contributed by atoms with Crippen molar-refractivity contribution in [3.05, 3.63) is 193 Å². The number of aryl methyl sites for hydroxylation is 1. The zero-order chi connectivity index (χ0) is 49.6. The van der Waals surface area contributed by atoms with E-state index in [-0.39, 0.29) is 33.3 Å². The van der Waals surface area contributed by atoms with Gasteiger partial charge in [0.1, 0.15) is 24.0 Å². The molecule has 3 heterocycles. The number of ether oxygens (including phenoxy) is 1. The highest BCUT2D eigenvalue weighted by Gasteiger charge is 2.30. The van der Waals surface area contributed by atoms with Gasteiger partial charge in [-0.3, -0.25) is 4.57 Å². The van der Waals surface area contributed by atoms with E-state index < -0.39 is 37.1 Å². The molecule has 9 aromatic rings. The van der Waals surface area contributed by atoms with E-state index in [1.807, 2.05) is 83.4 Å². The van der Waals surface area contributed by atoms with Crippen molar-refractivity contribution >= 4 is 44.6 Å². The van der Waals surface area contributed by atoms with E-state index in [9.17, 15) is 0 Å². The molecule has 10 rings (SSSR count). The summed E-state index contributed by atoms with van der Waals surface area (Å²) in [5, 5.41) is 1.77. The van der Waals surface area contributed by atoms with Crippen LogP contribution in [0.15, 0.2) is 176 Å². The van der Waals surface area contributed by atoms with Crippen LogP contribution in [0.3, 0.4) is 0 Å². The quantitative estimate of drug-likeness (QED) is 0.160. The number of hydrogen-bond acceptors (Lipinski definition) is 4. The molecule has 0 radical (unpaired) electrons. The molecule has 306 valence electrons. The Morgan fingerprint density at radius 1 is 0.565 bits per heavy atom. The standard InChI is InChI=1S/C57H52N4O/c1-38-29-55(58-36-50(38)40-19-12-9-13-20-40)61-51-28-25-41(39-17-10-8-11-18-39)30-49(51)48-27-26-47(35-54(48)61)62-46-22-16-21-44(34-46)59-37-60(53-24-15-14-23-52(53)59)45-32-42(56(2,3)4)31-43(33-45)57(5,6)7/h8-36H,37H2,1-7H3/i1D3,9D,12D,13D,19D,20D. The maximum Gasteiger partial charge on any atom is 0.137 e. The fourth-order valence-electron chi connectivity index (χ4n) is 8.41. The summed E-state index contributed by atoms with van der Waals surface area (Å²) in [6.07, 6.45) is 1.30. The van der Waals surface area contributed by atoms with Crippen molar-refractivity contribution in [1.82, 2.24) is 9.55 Å². The Kier molecular flexibility index (Phi) is 7.52. The molecule has 0 aliphatic carbocycles. The van der Waals surface area contributed by atoms with Crippen molar-refractivity contribution in [1.29, 1.82) is 0 Å². The number of aromatic nitrogens is 2. The second kappa shape index (κ2) is 15.1. The van der Waals surface area contributed by atoms with Crippen LogP contribution in [-0.4, -0.2) is 16.2 Å².